The van der Waals surface area contributed by atoms with Crippen molar-refractivity contribution in [1.82, 2.24) is 14.6 Å². The van der Waals surface area contributed by atoms with Gasteiger partial charge in [-0.15, -0.1) is 10.2 Å². The lowest BCUT2D eigenvalue weighted by Crippen LogP contribution is -1.99. The standard InChI is InChI=1S/C13H7ClFN3O2/c14-9-5-7(1-3-10(9)15)12-17-16-11-4-2-8(13(19)20)6-18(11)12/h1-6H,(H,19,20). The predicted molar refractivity (Wildman–Crippen MR) is 70.4 cm³/mol. The summed E-state index contributed by atoms with van der Waals surface area (Å²) in [5, 5.41) is 16.9. The van der Waals surface area contributed by atoms with Gasteiger partial charge in [-0.25, -0.2) is 9.18 Å². The van der Waals surface area contributed by atoms with Gasteiger partial charge < -0.3 is 5.11 Å². The maximum atomic E-state index is 13.2. The molecule has 0 bridgehead atoms. The molecule has 0 aliphatic heterocycles. The molecular formula is C13H7ClFN3O2. The number of fused-ring (bicyclic) bond motifs is 1. The van der Waals surface area contributed by atoms with E-state index >= 15 is 0 Å². The number of aromatic nitrogens is 3. The van der Waals surface area contributed by atoms with E-state index < -0.39 is 11.8 Å². The molecule has 5 nitrogen and oxygen atoms in total. The van der Waals surface area contributed by atoms with Crippen LogP contribution in [-0.4, -0.2) is 25.7 Å². The molecule has 1 aromatic carbocycles. The molecule has 0 saturated heterocycles. The molecule has 0 unspecified atom stereocenters. The molecule has 0 aliphatic carbocycles. The van der Waals surface area contributed by atoms with E-state index in [4.69, 9.17) is 16.7 Å². The van der Waals surface area contributed by atoms with Crippen LogP contribution in [0.1, 0.15) is 10.4 Å². The highest BCUT2D eigenvalue weighted by atomic mass is 35.5. The summed E-state index contributed by atoms with van der Waals surface area (Å²) >= 11 is 5.74. The quantitative estimate of drug-likeness (QED) is 0.788. The van der Waals surface area contributed by atoms with Crippen LogP contribution in [-0.2, 0) is 0 Å². The lowest BCUT2D eigenvalue weighted by Gasteiger charge is -2.02. The second-order valence-corrected chi connectivity index (χ2v) is 4.51. The summed E-state index contributed by atoms with van der Waals surface area (Å²) in [5.74, 6) is -1.19. The van der Waals surface area contributed by atoms with Crippen molar-refractivity contribution in [3.05, 3.63) is 52.9 Å². The third-order valence-corrected chi connectivity index (χ3v) is 3.12. The maximum Gasteiger partial charge on any atom is 0.337 e. The van der Waals surface area contributed by atoms with Gasteiger partial charge in [0.1, 0.15) is 5.82 Å². The number of rotatable bonds is 2. The lowest BCUT2D eigenvalue weighted by molar-refractivity contribution is 0.0696. The van der Waals surface area contributed by atoms with Crippen LogP contribution in [0, 0.1) is 5.82 Å². The number of halogens is 2. The van der Waals surface area contributed by atoms with E-state index in [-0.39, 0.29) is 10.6 Å². The van der Waals surface area contributed by atoms with Crippen LogP contribution in [0.4, 0.5) is 4.39 Å². The van der Waals surface area contributed by atoms with Crippen molar-refractivity contribution < 1.29 is 14.3 Å². The second-order valence-electron chi connectivity index (χ2n) is 4.10. The third-order valence-electron chi connectivity index (χ3n) is 2.83. The van der Waals surface area contributed by atoms with Crippen molar-refractivity contribution in [2.75, 3.05) is 0 Å². The highest BCUT2D eigenvalue weighted by Crippen LogP contribution is 2.24. The molecule has 0 radical (unpaired) electrons. The van der Waals surface area contributed by atoms with Crippen LogP contribution in [0.2, 0.25) is 5.02 Å². The number of carbonyl (C=O) groups is 1. The average Bonchev–Trinajstić information content (AvgIpc) is 2.84. The maximum absolute atomic E-state index is 13.2. The first-order valence-corrected chi connectivity index (χ1v) is 5.97. The summed E-state index contributed by atoms with van der Waals surface area (Å²) in [5.41, 5.74) is 1.14. The summed E-state index contributed by atoms with van der Waals surface area (Å²) in [6.07, 6.45) is 1.41. The van der Waals surface area contributed by atoms with Gasteiger partial charge in [-0.1, -0.05) is 11.6 Å². The number of hydrogen-bond acceptors (Lipinski definition) is 3. The Morgan fingerprint density at radius 1 is 1.25 bits per heavy atom. The lowest BCUT2D eigenvalue weighted by atomic mass is 10.2. The van der Waals surface area contributed by atoms with E-state index in [2.05, 4.69) is 10.2 Å². The molecule has 2 heterocycles. The second kappa shape index (κ2) is 4.57. The van der Waals surface area contributed by atoms with Crippen LogP contribution >= 0.6 is 11.6 Å². The number of benzene rings is 1. The summed E-state index contributed by atoms with van der Waals surface area (Å²) in [6, 6.07) is 7.13. The zero-order valence-electron chi connectivity index (χ0n) is 9.92. The summed E-state index contributed by atoms with van der Waals surface area (Å²) in [7, 11) is 0. The van der Waals surface area contributed by atoms with Gasteiger partial charge in [-0.05, 0) is 30.3 Å². The van der Waals surface area contributed by atoms with Gasteiger partial charge in [0.05, 0.1) is 10.6 Å². The Hall–Kier alpha value is -2.47. The molecule has 0 spiro atoms. The number of carboxylic acids is 1. The van der Waals surface area contributed by atoms with Crippen LogP contribution in [0.3, 0.4) is 0 Å². The van der Waals surface area contributed by atoms with Crippen LogP contribution in [0.15, 0.2) is 36.5 Å². The first kappa shape index (κ1) is 12.6. The molecule has 0 atom stereocenters. The molecule has 0 aliphatic rings. The Balaban J connectivity index is 2.22. The molecule has 3 aromatic rings. The third kappa shape index (κ3) is 2.00. The van der Waals surface area contributed by atoms with E-state index in [1.807, 2.05) is 0 Å². The number of carboxylic acid groups (broad SMARTS) is 1. The molecule has 0 amide bonds. The largest absolute Gasteiger partial charge is 0.478 e. The van der Waals surface area contributed by atoms with Gasteiger partial charge in [0.25, 0.3) is 0 Å². The molecule has 100 valence electrons. The highest BCUT2D eigenvalue weighted by molar-refractivity contribution is 6.31. The molecule has 0 fully saturated rings. The Morgan fingerprint density at radius 2 is 2.05 bits per heavy atom. The van der Waals surface area contributed by atoms with Crippen molar-refractivity contribution in [1.29, 1.82) is 0 Å². The van der Waals surface area contributed by atoms with Gasteiger partial charge in [0, 0.05) is 11.8 Å². The van der Waals surface area contributed by atoms with E-state index in [0.29, 0.717) is 17.0 Å². The number of hydrogen-bond donors (Lipinski definition) is 1. The Kier molecular flexibility index (Phi) is 2.87. The van der Waals surface area contributed by atoms with E-state index in [1.165, 1.54) is 34.9 Å². The van der Waals surface area contributed by atoms with Gasteiger partial charge in [-0.2, -0.15) is 0 Å². The number of aromatic carboxylic acids is 1. The monoisotopic (exact) mass is 291 g/mol. The topological polar surface area (TPSA) is 67.5 Å². The fourth-order valence-electron chi connectivity index (χ4n) is 1.85. The van der Waals surface area contributed by atoms with Crippen molar-refractivity contribution in [2.24, 2.45) is 0 Å². The highest BCUT2D eigenvalue weighted by Gasteiger charge is 2.12. The molecule has 7 heteroatoms. The average molecular weight is 292 g/mol. The zero-order chi connectivity index (χ0) is 14.3. The molecule has 0 saturated carbocycles. The Labute approximate surface area is 117 Å². The minimum absolute atomic E-state index is 0.0337. The zero-order valence-corrected chi connectivity index (χ0v) is 10.7. The number of nitrogens with zero attached hydrogens (tertiary/aromatic N) is 3. The molecule has 20 heavy (non-hydrogen) atoms. The molecule has 3 rings (SSSR count). The fourth-order valence-corrected chi connectivity index (χ4v) is 2.03. The van der Waals surface area contributed by atoms with Crippen molar-refractivity contribution in [3.63, 3.8) is 0 Å². The summed E-state index contributed by atoms with van der Waals surface area (Å²) in [6.45, 7) is 0. The Morgan fingerprint density at radius 3 is 2.75 bits per heavy atom. The van der Waals surface area contributed by atoms with Crippen molar-refractivity contribution >= 4 is 23.2 Å². The molecule has 2 aromatic heterocycles. The molecule has 1 N–H and O–H groups in total. The molecular weight excluding hydrogens is 285 g/mol. The van der Waals surface area contributed by atoms with Crippen LogP contribution in [0.25, 0.3) is 17.0 Å². The predicted octanol–water partition coefficient (Wildman–Crippen LogP) is 2.89. The summed E-state index contributed by atoms with van der Waals surface area (Å²) < 4.78 is 14.7. The fraction of sp³-hybridized carbons (Fsp3) is 0. The minimum Gasteiger partial charge on any atom is -0.478 e. The first-order chi connectivity index (χ1) is 9.56. The van der Waals surface area contributed by atoms with Gasteiger partial charge in [0.2, 0.25) is 0 Å². The number of pyridine rings is 1. The SMILES string of the molecule is O=C(O)c1ccc2nnc(-c3ccc(F)c(Cl)c3)n2c1. The van der Waals surface area contributed by atoms with E-state index in [0.717, 1.165) is 0 Å². The Bertz CT molecular complexity index is 832. The van der Waals surface area contributed by atoms with Crippen LogP contribution in [0.5, 0.6) is 0 Å². The van der Waals surface area contributed by atoms with Gasteiger partial charge in [0.15, 0.2) is 11.5 Å². The van der Waals surface area contributed by atoms with Gasteiger partial charge >= 0.3 is 5.97 Å². The van der Waals surface area contributed by atoms with Crippen LogP contribution < -0.4 is 0 Å². The summed E-state index contributed by atoms with van der Waals surface area (Å²) in [4.78, 5) is 11.0. The van der Waals surface area contributed by atoms with Gasteiger partial charge in [-0.3, -0.25) is 4.40 Å². The van der Waals surface area contributed by atoms with E-state index in [1.54, 1.807) is 6.07 Å². The normalized spacial score (nSPS) is 10.9. The smallest absolute Gasteiger partial charge is 0.337 e. The van der Waals surface area contributed by atoms with Crippen molar-refractivity contribution in [2.45, 2.75) is 0 Å². The first-order valence-electron chi connectivity index (χ1n) is 5.60. The van der Waals surface area contributed by atoms with E-state index in [9.17, 15) is 9.18 Å². The minimum atomic E-state index is -1.05. The van der Waals surface area contributed by atoms with Crippen molar-refractivity contribution in [3.8, 4) is 11.4 Å².